The average Bonchev–Trinajstić information content (AvgIpc) is 2.93. The van der Waals surface area contributed by atoms with E-state index in [9.17, 15) is 4.79 Å². The lowest BCUT2D eigenvalue weighted by molar-refractivity contribution is 0.0954. The third kappa shape index (κ3) is 7.89. The number of nitrogens with zero attached hydrogens (tertiary/aromatic N) is 4. The third-order valence-corrected chi connectivity index (χ3v) is 6.85. The van der Waals surface area contributed by atoms with E-state index in [0.29, 0.717) is 24.4 Å². The summed E-state index contributed by atoms with van der Waals surface area (Å²) in [5.41, 5.74) is 5.01. The van der Waals surface area contributed by atoms with E-state index in [-0.39, 0.29) is 5.91 Å². The molecular formula is C30H33N5OS. The standard InChI is InChI=1S/C30H33N5OS/c1-22(2)27-19-28(35(3)20-23-9-5-4-6-10-23)34-30(33-27)37-21-24-12-14-25(15-13-24)29(36)32-18-16-26-11-7-8-17-31-26/h4-15,17,19,22H,16,18,20-21H2,1-3H3,(H,32,36). The van der Waals surface area contributed by atoms with Crippen LogP contribution in [-0.2, 0) is 18.7 Å². The molecule has 0 bridgehead atoms. The molecule has 190 valence electrons. The average molecular weight is 512 g/mol. The van der Waals surface area contributed by atoms with Crippen molar-refractivity contribution in [2.45, 2.75) is 43.6 Å². The van der Waals surface area contributed by atoms with Gasteiger partial charge < -0.3 is 10.2 Å². The van der Waals surface area contributed by atoms with Crippen molar-refractivity contribution in [1.29, 1.82) is 0 Å². The molecule has 2 aromatic heterocycles. The van der Waals surface area contributed by atoms with Gasteiger partial charge in [0.05, 0.1) is 0 Å². The Hall–Kier alpha value is -3.71. The van der Waals surface area contributed by atoms with E-state index in [1.165, 1.54) is 5.56 Å². The molecule has 0 aliphatic carbocycles. The second kappa shape index (κ2) is 13.0. The van der Waals surface area contributed by atoms with Crippen molar-refractivity contribution in [1.82, 2.24) is 20.3 Å². The van der Waals surface area contributed by atoms with E-state index in [1.54, 1.807) is 18.0 Å². The van der Waals surface area contributed by atoms with Crippen molar-refractivity contribution < 1.29 is 4.79 Å². The van der Waals surface area contributed by atoms with Gasteiger partial charge in [0.2, 0.25) is 0 Å². The topological polar surface area (TPSA) is 71.0 Å². The van der Waals surface area contributed by atoms with E-state index >= 15 is 0 Å². The summed E-state index contributed by atoms with van der Waals surface area (Å²) in [6, 6.07) is 26.0. The molecule has 4 aromatic rings. The maximum Gasteiger partial charge on any atom is 0.251 e. The predicted octanol–water partition coefficient (Wildman–Crippen LogP) is 5.90. The monoisotopic (exact) mass is 511 g/mol. The minimum Gasteiger partial charge on any atom is -0.355 e. The predicted molar refractivity (Wildman–Crippen MR) is 151 cm³/mol. The zero-order valence-electron chi connectivity index (χ0n) is 21.6. The number of nitrogens with one attached hydrogen (secondary N) is 1. The summed E-state index contributed by atoms with van der Waals surface area (Å²) in [5, 5.41) is 3.73. The SMILES string of the molecule is CC(C)c1cc(N(C)Cc2ccccc2)nc(SCc2ccc(C(=O)NCCc3ccccn3)cc2)n1. The van der Waals surface area contributed by atoms with Crippen LogP contribution in [0.25, 0.3) is 0 Å². The Bertz CT molecular complexity index is 1280. The number of carbonyl (C=O) groups excluding carboxylic acids is 1. The van der Waals surface area contributed by atoms with Crippen LogP contribution in [0.15, 0.2) is 90.2 Å². The third-order valence-electron chi connectivity index (χ3n) is 5.93. The normalized spacial score (nSPS) is 10.9. The van der Waals surface area contributed by atoms with Crippen molar-refractivity contribution in [2.75, 3.05) is 18.5 Å². The molecule has 1 amide bonds. The van der Waals surface area contributed by atoms with Gasteiger partial charge in [0.25, 0.3) is 5.91 Å². The molecule has 0 aliphatic rings. The first-order valence-corrected chi connectivity index (χ1v) is 13.5. The Balaban J connectivity index is 1.35. The van der Waals surface area contributed by atoms with Gasteiger partial charge in [-0.3, -0.25) is 9.78 Å². The number of aromatic nitrogens is 3. The minimum atomic E-state index is -0.0748. The number of hydrogen-bond acceptors (Lipinski definition) is 6. The quantitative estimate of drug-likeness (QED) is 0.200. The van der Waals surface area contributed by atoms with Crippen molar-refractivity contribution in [3.05, 3.63) is 113 Å². The Labute approximate surface area is 223 Å². The second-order valence-electron chi connectivity index (χ2n) is 9.24. The first-order valence-electron chi connectivity index (χ1n) is 12.5. The highest BCUT2D eigenvalue weighted by molar-refractivity contribution is 7.98. The number of pyridine rings is 1. The van der Waals surface area contributed by atoms with Crippen LogP contribution in [0.4, 0.5) is 5.82 Å². The summed E-state index contributed by atoms with van der Waals surface area (Å²) >= 11 is 1.61. The van der Waals surface area contributed by atoms with Crippen LogP contribution in [0.3, 0.4) is 0 Å². The fraction of sp³-hybridized carbons (Fsp3) is 0.267. The summed E-state index contributed by atoms with van der Waals surface area (Å²) in [4.78, 5) is 28.6. The van der Waals surface area contributed by atoms with Gasteiger partial charge in [0, 0.05) is 61.5 Å². The molecule has 2 heterocycles. The fourth-order valence-corrected chi connectivity index (χ4v) is 4.59. The zero-order valence-corrected chi connectivity index (χ0v) is 22.4. The molecule has 0 fully saturated rings. The largest absolute Gasteiger partial charge is 0.355 e. The first kappa shape index (κ1) is 26.4. The van der Waals surface area contributed by atoms with Crippen molar-refractivity contribution in [3.63, 3.8) is 0 Å². The summed E-state index contributed by atoms with van der Waals surface area (Å²) in [6.07, 6.45) is 2.47. The van der Waals surface area contributed by atoms with Gasteiger partial charge in [0.15, 0.2) is 5.16 Å². The Morgan fingerprint density at radius 3 is 2.41 bits per heavy atom. The molecule has 6 nitrogen and oxygen atoms in total. The van der Waals surface area contributed by atoms with Gasteiger partial charge in [-0.15, -0.1) is 0 Å². The number of rotatable bonds is 11. The summed E-state index contributed by atoms with van der Waals surface area (Å²) in [5.74, 6) is 1.88. The van der Waals surface area contributed by atoms with Gasteiger partial charge in [0.1, 0.15) is 5.82 Å². The minimum absolute atomic E-state index is 0.0748. The molecule has 0 saturated heterocycles. The van der Waals surface area contributed by atoms with E-state index in [1.807, 2.05) is 48.5 Å². The van der Waals surface area contributed by atoms with E-state index in [4.69, 9.17) is 9.97 Å². The van der Waals surface area contributed by atoms with Gasteiger partial charge in [-0.05, 0) is 41.3 Å². The van der Waals surface area contributed by atoms with Crippen LogP contribution in [0, 0.1) is 0 Å². The van der Waals surface area contributed by atoms with E-state index in [0.717, 1.165) is 40.2 Å². The lowest BCUT2D eigenvalue weighted by Gasteiger charge is -2.20. The summed E-state index contributed by atoms with van der Waals surface area (Å²) in [6.45, 7) is 5.64. The molecule has 0 unspecified atom stereocenters. The highest BCUT2D eigenvalue weighted by Gasteiger charge is 2.13. The molecule has 4 rings (SSSR count). The Kier molecular flexibility index (Phi) is 9.27. The Morgan fingerprint density at radius 2 is 1.70 bits per heavy atom. The number of carbonyl (C=O) groups is 1. The molecule has 37 heavy (non-hydrogen) atoms. The number of hydrogen-bond donors (Lipinski definition) is 1. The maximum atomic E-state index is 12.5. The number of thioether (sulfide) groups is 1. The molecule has 0 aliphatic heterocycles. The molecule has 2 aromatic carbocycles. The highest BCUT2D eigenvalue weighted by Crippen LogP contribution is 2.26. The van der Waals surface area contributed by atoms with Crippen LogP contribution in [0.5, 0.6) is 0 Å². The summed E-state index contributed by atoms with van der Waals surface area (Å²) in [7, 11) is 2.06. The van der Waals surface area contributed by atoms with Crippen LogP contribution in [0.2, 0.25) is 0 Å². The van der Waals surface area contributed by atoms with Gasteiger partial charge >= 0.3 is 0 Å². The van der Waals surface area contributed by atoms with Crippen LogP contribution < -0.4 is 10.2 Å². The van der Waals surface area contributed by atoms with Crippen molar-refractivity contribution in [3.8, 4) is 0 Å². The van der Waals surface area contributed by atoms with Crippen molar-refractivity contribution in [2.24, 2.45) is 0 Å². The number of anilines is 1. The number of benzene rings is 2. The van der Waals surface area contributed by atoms with Gasteiger partial charge in [-0.2, -0.15) is 0 Å². The van der Waals surface area contributed by atoms with Crippen LogP contribution in [-0.4, -0.2) is 34.5 Å². The molecule has 0 spiro atoms. The first-order chi connectivity index (χ1) is 18.0. The van der Waals surface area contributed by atoms with Crippen molar-refractivity contribution >= 4 is 23.5 Å². The lowest BCUT2D eigenvalue weighted by Crippen LogP contribution is -2.25. The molecule has 1 N–H and O–H groups in total. The van der Waals surface area contributed by atoms with Crippen LogP contribution in [0.1, 0.15) is 52.6 Å². The molecule has 7 heteroatoms. The van der Waals surface area contributed by atoms with Crippen LogP contribution >= 0.6 is 11.8 Å². The van der Waals surface area contributed by atoms with E-state index < -0.39 is 0 Å². The molecule has 0 atom stereocenters. The fourth-order valence-electron chi connectivity index (χ4n) is 3.78. The second-order valence-corrected chi connectivity index (χ2v) is 10.2. The van der Waals surface area contributed by atoms with E-state index in [2.05, 4.69) is 66.4 Å². The van der Waals surface area contributed by atoms with Gasteiger partial charge in [-0.25, -0.2) is 9.97 Å². The Morgan fingerprint density at radius 1 is 0.946 bits per heavy atom. The smallest absolute Gasteiger partial charge is 0.251 e. The zero-order chi connectivity index (χ0) is 26.0. The van der Waals surface area contributed by atoms with Gasteiger partial charge in [-0.1, -0.05) is 74.1 Å². The lowest BCUT2D eigenvalue weighted by atomic mass is 10.1. The molecular weight excluding hydrogens is 478 g/mol. The molecule has 0 radical (unpaired) electrons. The highest BCUT2D eigenvalue weighted by atomic mass is 32.2. The molecule has 0 saturated carbocycles. The summed E-state index contributed by atoms with van der Waals surface area (Å²) < 4.78 is 0. The maximum absolute atomic E-state index is 12.5. The number of amides is 1.